The molecule has 0 aliphatic heterocycles. The van der Waals surface area contributed by atoms with Gasteiger partial charge in [0.05, 0.1) is 13.2 Å². The first-order valence-corrected chi connectivity index (χ1v) is 6.58. The summed E-state index contributed by atoms with van der Waals surface area (Å²) in [7, 11) is 1.92. The van der Waals surface area contributed by atoms with Crippen molar-refractivity contribution >= 4 is 0 Å². The smallest absolute Gasteiger partial charge is 0.118 e. The van der Waals surface area contributed by atoms with Gasteiger partial charge in [-0.15, -0.1) is 0 Å². The van der Waals surface area contributed by atoms with Crippen molar-refractivity contribution in [3.8, 4) is 0 Å². The van der Waals surface area contributed by atoms with E-state index in [4.69, 9.17) is 9.15 Å². The summed E-state index contributed by atoms with van der Waals surface area (Å²) in [6.45, 7) is 6.52. The highest BCUT2D eigenvalue weighted by Gasteiger charge is 2.06. The Balaban J connectivity index is 2.21. The van der Waals surface area contributed by atoms with Gasteiger partial charge in [0.2, 0.25) is 0 Å². The maximum Gasteiger partial charge on any atom is 0.118 e. The van der Waals surface area contributed by atoms with Gasteiger partial charge < -0.3 is 14.5 Å². The molecule has 17 heavy (non-hydrogen) atoms. The Bertz CT molecular complexity index is 307. The molecule has 0 saturated carbocycles. The van der Waals surface area contributed by atoms with Crippen LogP contribution in [0.25, 0.3) is 0 Å². The zero-order valence-corrected chi connectivity index (χ0v) is 11.3. The molecule has 1 N–H and O–H groups in total. The largest absolute Gasteiger partial charge is 0.465 e. The van der Waals surface area contributed by atoms with Crippen LogP contribution in [0.2, 0.25) is 0 Å². The van der Waals surface area contributed by atoms with Gasteiger partial charge in [0, 0.05) is 12.2 Å². The normalized spacial score (nSPS) is 11.0. The molecule has 0 radical (unpaired) electrons. The minimum absolute atomic E-state index is 0.672. The molecule has 0 saturated heterocycles. The van der Waals surface area contributed by atoms with Crippen molar-refractivity contribution in [2.75, 3.05) is 13.7 Å². The molecule has 3 heteroatoms. The molecule has 98 valence electrons. The summed E-state index contributed by atoms with van der Waals surface area (Å²) in [5.41, 5.74) is 1.17. The Labute approximate surface area is 105 Å². The molecule has 1 heterocycles. The summed E-state index contributed by atoms with van der Waals surface area (Å²) in [6, 6.07) is 2.08. The molecule has 0 bridgehead atoms. The van der Waals surface area contributed by atoms with Gasteiger partial charge in [-0.2, -0.15) is 0 Å². The summed E-state index contributed by atoms with van der Waals surface area (Å²) in [5, 5.41) is 3.08. The number of hydrogen-bond acceptors (Lipinski definition) is 3. The van der Waals surface area contributed by atoms with Crippen molar-refractivity contribution in [1.82, 2.24) is 5.32 Å². The van der Waals surface area contributed by atoms with Gasteiger partial charge in [0.15, 0.2) is 0 Å². The van der Waals surface area contributed by atoms with E-state index in [1.54, 1.807) is 0 Å². The first kappa shape index (κ1) is 14.3. The molecular formula is C14H25NO2. The molecule has 3 nitrogen and oxygen atoms in total. The van der Waals surface area contributed by atoms with Crippen molar-refractivity contribution in [2.24, 2.45) is 0 Å². The molecule has 1 rings (SSSR count). The summed E-state index contributed by atoms with van der Waals surface area (Å²) in [6.07, 6.45) is 5.01. The summed E-state index contributed by atoms with van der Waals surface area (Å²) in [5.74, 6) is 1.96. The second-order valence-corrected chi connectivity index (χ2v) is 4.44. The van der Waals surface area contributed by atoms with Crippen LogP contribution in [0, 0.1) is 6.92 Å². The maximum absolute atomic E-state index is 5.66. The number of aryl methyl sites for hydroxylation is 1. The van der Waals surface area contributed by atoms with E-state index in [1.165, 1.54) is 24.8 Å². The number of rotatable bonds is 9. The monoisotopic (exact) mass is 239 g/mol. The van der Waals surface area contributed by atoms with Crippen LogP contribution >= 0.6 is 0 Å². The van der Waals surface area contributed by atoms with Gasteiger partial charge >= 0.3 is 0 Å². The second kappa shape index (κ2) is 8.31. The van der Waals surface area contributed by atoms with Crippen molar-refractivity contribution < 1.29 is 9.15 Å². The lowest BCUT2D eigenvalue weighted by atomic mass is 10.2. The lowest BCUT2D eigenvalue weighted by Gasteiger charge is -2.02. The van der Waals surface area contributed by atoms with E-state index in [9.17, 15) is 0 Å². The molecule has 0 unspecified atom stereocenters. The lowest BCUT2D eigenvalue weighted by Crippen LogP contribution is -2.03. The topological polar surface area (TPSA) is 34.4 Å². The van der Waals surface area contributed by atoms with Crippen LogP contribution < -0.4 is 5.32 Å². The summed E-state index contributed by atoms with van der Waals surface area (Å²) in [4.78, 5) is 0. The molecule has 0 spiro atoms. The van der Waals surface area contributed by atoms with Crippen molar-refractivity contribution in [2.45, 2.75) is 52.7 Å². The van der Waals surface area contributed by atoms with Crippen LogP contribution in [-0.4, -0.2) is 13.7 Å². The minimum Gasteiger partial charge on any atom is -0.465 e. The Kier molecular flexibility index (Phi) is 6.97. The average molecular weight is 239 g/mol. The molecule has 0 aromatic carbocycles. The first-order valence-electron chi connectivity index (χ1n) is 6.58. The van der Waals surface area contributed by atoms with Crippen LogP contribution in [0.15, 0.2) is 10.5 Å². The van der Waals surface area contributed by atoms with Crippen molar-refractivity contribution in [3.63, 3.8) is 0 Å². The molecule has 0 aliphatic carbocycles. The molecule has 0 aliphatic rings. The number of nitrogens with one attached hydrogen (secondary N) is 1. The standard InChI is InChI=1S/C14H25NO2/c1-4-5-6-7-8-16-11-13-9-14(10-15-3)17-12(13)2/h9,15H,4-8,10-11H2,1-3H3. The lowest BCUT2D eigenvalue weighted by molar-refractivity contribution is 0.116. The molecule has 1 aromatic rings. The fourth-order valence-corrected chi connectivity index (χ4v) is 1.81. The second-order valence-electron chi connectivity index (χ2n) is 4.44. The highest BCUT2D eigenvalue weighted by molar-refractivity contribution is 5.19. The van der Waals surface area contributed by atoms with Gasteiger partial charge in [0.1, 0.15) is 11.5 Å². The number of hydrogen-bond donors (Lipinski definition) is 1. The predicted molar refractivity (Wildman–Crippen MR) is 70.0 cm³/mol. The summed E-state index contributed by atoms with van der Waals surface area (Å²) >= 11 is 0. The van der Waals surface area contributed by atoms with Crippen LogP contribution in [0.1, 0.15) is 49.7 Å². The predicted octanol–water partition coefficient (Wildman–Crippen LogP) is 3.40. The Morgan fingerprint density at radius 1 is 1.29 bits per heavy atom. The molecule has 0 fully saturated rings. The van der Waals surface area contributed by atoms with Crippen LogP contribution in [-0.2, 0) is 17.9 Å². The van der Waals surface area contributed by atoms with Crippen LogP contribution in [0.3, 0.4) is 0 Å². The van der Waals surface area contributed by atoms with E-state index in [0.29, 0.717) is 6.61 Å². The number of unbranched alkanes of at least 4 members (excludes halogenated alkanes) is 3. The Hall–Kier alpha value is -0.800. The summed E-state index contributed by atoms with van der Waals surface area (Å²) < 4.78 is 11.3. The van der Waals surface area contributed by atoms with E-state index in [-0.39, 0.29) is 0 Å². The van der Waals surface area contributed by atoms with Gasteiger partial charge in [0.25, 0.3) is 0 Å². The minimum atomic E-state index is 0.672. The Morgan fingerprint density at radius 2 is 2.12 bits per heavy atom. The van der Waals surface area contributed by atoms with Crippen LogP contribution in [0.5, 0.6) is 0 Å². The highest BCUT2D eigenvalue weighted by Crippen LogP contribution is 2.15. The number of ether oxygens (including phenoxy) is 1. The number of furan rings is 1. The Morgan fingerprint density at radius 3 is 2.82 bits per heavy atom. The molecule has 0 amide bonds. The van der Waals surface area contributed by atoms with Gasteiger partial charge in [-0.1, -0.05) is 26.2 Å². The average Bonchev–Trinajstić information content (AvgIpc) is 2.65. The van der Waals surface area contributed by atoms with Gasteiger partial charge in [-0.25, -0.2) is 0 Å². The first-order chi connectivity index (χ1) is 8.27. The third kappa shape index (κ3) is 5.37. The van der Waals surface area contributed by atoms with E-state index in [1.807, 2.05) is 14.0 Å². The van der Waals surface area contributed by atoms with Crippen molar-refractivity contribution in [3.05, 3.63) is 23.2 Å². The maximum atomic E-state index is 5.66. The quantitative estimate of drug-likeness (QED) is 0.671. The molecule has 0 atom stereocenters. The van der Waals surface area contributed by atoms with Crippen LogP contribution in [0.4, 0.5) is 0 Å². The van der Waals surface area contributed by atoms with E-state index in [0.717, 1.165) is 31.1 Å². The fourth-order valence-electron chi connectivity index (χ4n) is 1.81. The fraction of sp³-hybridized carbons (Fsp3) is 0.714. The molecular weight excluding hydrogens is 214 g/mol. The molecule has 1 aromatic heterocycles. The SMILES string of the molecule is CCCCCCOCc1cc(CNC)oc1C. The zero-order chi connectivity index (χ0) is 12.5. The van der Waals surface area contributed by atoms with E-state index in [2.05, 4.69) is 18.3 Å². The van der Waals surface area contributed by atoms with Gasteiger partial charge in [-0.05, 0) is 26.5 Å². The van der Waals surface area contributed by atoms with Gasteiger partial charge in [-0.3, -0.25) is 0 Å². The van der Waals surface area contributed by atoms with E-state index < -0.39 is 0 Å². The third-order valence-corrected chi connectivity index (χ3v) is 2.82. The third-order valence-electron chi connectivity index (χ3n) is 2.82. The zero-order valence-electron chi connectivity index (χ0n) is 11.3. The highest BCUT2D eigenvalue weighted by atomic mass is 16.5. The van der Waals surface area contributed by atoms with E-state index >= 15 is 0 Å². The van der Waals surface area contributed by atoms with Crippen molar-refractivity contribution in [1.29, 1.82) is 0 Å².